The minimum absolute atomic E-state index is 0.837. The predicted octanol–water partition coefficient (Wildman–Crippen LogP) is 2.05. The molecule has 0 saturated carbocycles. The van der Waals surface area contributed by atoms with Crippen LogP contribution in [0.1, 0.15) is 0 Å². The summed E-state index contributed by atoms with van der Waals surface area (Å²) in [4.78, 5) is 0. The van der Waals surface area contributed by atoms with Crippen LogP contribution in [0.2, 0.25) is 0 Å². The molecule has 5 heteroatoms. The highest BCUT2D eigenvalue weighted by molar-refractivity contribution is 4.90. The zero-order chi connectivity index (χ0) is 8.20. The molecule has 0 bridgehead atoms. The topological polar surface area (TPSA) is 9.23 Å². The lowest BCUT2D eigenvalue weighted by atomic mass is 10.5. The van der Waals surface area contributed by atoms with E-state index in [2.05, 4.69) is 11.3 Å². The molecule has 1 nitrogen and oxygen atoms in total. The number of hydrogen-bond acceptors (Lipinski definition) is 1. The van der Waals surface area contributed by atoms with E-state index in [-0.39, 0.29) is 0 Å². The highest BCUT2D eigenvalue weighted by atomic mass is 19.3. The van der Waals surface area contributed by atoms with Crippen molar-refractivity contribution < 1.29 is 22.3 Å². The van der Waals surface area contributed by atoms with Crippen LogP contribution in [-0.4, -0.2) is 19.4 Å². The van der Waals surface area contributed by atoms with Crippen LogP contribution in [0.15, 0.2) is 12.4 Å². The van der Waals surface area contributed by atoms with Crippen LogP contribution in [0.4, 0.5) is 17.6 Å². The van der Waals surface area contributed by atoms with Crippen molar-refractivity contribution >= 4 is 0 Å². The van der Waals surface area contributed by atoms with Crippen molar-refractivity contribution in [3.05, 3.63) is 12.4 Å². The van der Waals surface area contributed by atoms with E-state index in [0.29, 0.717) is 0 Å². The maximum atomic E-state index is 11.9. The van der Waals surface area contributed by atoms with Crippen molar-refractivity contribution in [1.29, 1.82) is 0 Å². The Hall–Kier alpha value is -0.580. The standard InChI is InChI=1S/C5H6F4O/c1-4(7)5(8,9)10-3-2-6/h1-3H2. The first-order chi connectivity index (χ1) is 4.50. The molecule has 0 N–H and O–H groups in total. The van der Waals surface area contributed by atoms with Gasteiger partial charge in [-0.05, 0) is 0 Å². The highest BCUT2D eigenvalue weighted by Gasteiger charge is 2.34. The van der Waals surface area contributed by atoms with E-state index in [9.17, 15) is 17.6 Å². The van der Waals surface area contributed by atoms with E-state index in [1.54, 1.807) is 0 Å². The van der Waals surface area contributed by atoms with E-state index >= 15 is 0 Å². The van der Waals surface area contributed by atoms with Gasteiger partial charge in [-0.15, -0.1) is 0 Å². The maximum Gasteiger partial charge on any atom is 0.408 e. The molecule has 0 aromatic carbocycles. The first kappa shape index (κ1) is 9.42. The summed E-state index contributed by atoms with van der Waals surface area (Å²) in [6, 6.07) is 0. The summed E-state index contributed by atoms with van der Waals surface area (Å²) in [5.74, 6) is -1.92. The molecule has 0 aliphatic carbocycles. The van der Waals surface area contributed by atoms with Crippen molar-refractivity contribution in [2.75, 3.05) is 13.3 Å². The average Bonchev–Trinajstić information content (AvgIpc) is 1.84. The Balaban J connectivity index is 3.75. The number of alkyl halides is 3. The molecule has 0 heterocycles. The van der Waals surface area contributed by atoms with Crippen LogP contribution in [0.25, 0.3) is 0 Å². The monoisotopic (exact) mass is 158 g/mol. The summed E-state index contributed by atoms with van der Waals surface area (Å²) in [5, 5.41) is 0. The van der Waals surface area contributed by atoms with Crippen molar-refractivity contribution in [2.24, 2.45) is 0 Å². The van der Waals surface area contributed by atoms with Crippen LogP contribution < -0.4 is 0 Å². The fourth-order valence-corrected chi connectivity index (χ4v) is 0.245. The third-order valence-electron chi connectivity index (χ3n) is 0.676. The molecule has 10 heavy (non-hydrogen) atoms. The summed E-state index contributed by atoms with van der Waals surface area (Å²) in [6.45, 7) is 0.398. The highest BCUT2D eigenvalue weighted by Crippen LogP contribution is 2.24. The SMILES string of the molecule is C=C(F)C(F)(F)OCCF. The van der Waals surface area contributed by atoms with Gasteiger partial charge in [-0.3, -0.25) is 0 Å². The van der Waals surface area contributed by atoms with Gasteiger partial charge in [0.2, 0.25) is 0 Å². The maximum absolute atomic E-state index is 11.9. The molecule has 0 aromatic heterocycles. The minimum atomic E-state index is -4.05. The molecule has 0 rings (SSSR count). The Morgan fingerprint density at radius 3 is 2.30 bits per heavy atom. The number of halogens is 4. The fraction of sp³-hybridized carbons (Fsp3) is 0.600. The van der Waals surface area contributed by atoms with Gasteiger partial charge in [0.05, 0.1) is 6.61 Å². The van der Waals surface area contributed by atoms with Gasteiger partial charge in [-0.2, -0.15) is 8.78 Å². The quantitative estimate of drug-likeness (QED) is 0.569. The van der Waals surface area contributed by atoms with Gasteiger partial charge in [-0.25, -0.2) is 8.78 Å². The van der Waals surface area contributed by atoms with Crippen LogP contribution in [0.3, 0.4) is 0 Å². The summed E-state index contributed by atoms with van der Waals surface area (Å²) >= 11 is 0. The molecule has 0 aliphatic rings. The molecule has 0 saturated heterocycles. The largest absolute Gasteiger partial charge is 0.408 e. The summed E-state index contributed by atoms with van der Waals surface area (Å²) < 4.78 is 50.0. The molecule has 0 aliphatic heterocycles. The molecule has 0 aromatic rings. The minimum Gasteiger partial charge on any atom is -0.312 e. The molecule has 0 amide bonds. The summed E-state index contributed by atoms with van der Waals surface area (Å²) in [7, 11) is 0. The molecule has 0 fully saturated rings. The second-order valence-electron chi connectivity index (χ2n) is 1.46. The van der Waals surface area contributed by atoms with Gasteiger partial charge >= 0.3 is 6.11 Å². The molecule has 0 radical (unpaired) electrons. The van der Waals surface area contributed by atoms with E-state index in [1.807, 2.05) is 0 Å². The second kappa shape index (κ2) is 3.55. The van der Waals surface area contributed by atoms with Crippen molar-refractivity contribution in [3.63, 3.8) is 0 Å². The molecule has 0 spiro atoms. The number of hydrogen-bond donors (Lipinski definition) is 0. The fourth-order valence-electron chi connectivity index (χ4n) is 0.245. The van der Waals surface area contributed by atoms with Crippen molar-refractivity contribution in [2.45, 2.75) is 6.11 Å². The lowest BCUT2D eigenvalue weighted by Crippen LogP contribution is -2.22. The Morgan fingerprint density at radius 2 is 2.00 bits per heavy atom. The van der Waals surface area contributed by atoms with Crippen LogP contribution >= 0.6 is 0 Å². The predicted molar refractivity (Wildman–Crippen MR) is 27.1 cm³/mol. The van der Waals surface area contributed by atoms with Crippen molar-refractivity contribution in [1.82, 2.24) is 0 Å². The Labute approximate surface area is 55.3 Å². The van der Waals surface area contributed by atoms with Gasteiger partial charge in [0.1, 0.15) is 6.67 Å². The third kappa shape index (κ3) is 2.82. The normalized spacial score (nSPS) is 11.6. The molecule has 0 atom stereocenters. The zero-order valence-corrected chi connectivity index (χ0v) is 5.04. The molecular formula is C5H6F4O. The number of rotatable bonds is 4. The van der Waals surface area contributed by atoms with Gasteiger partial charge in [0, 0.05) is 0 Å². The van der Waals surface area contributed by atoms with Gasteiger partial charge in [-0.1, -0.05) is 6.58 Å². The van der Waals surface area contributed by atoms with E-state index in [4.69, 9.17) is 0 Å². The lowest BCUT2D eigenvalue weighted by molar-refractivity contribution is -0.221. The van der Waals surface area contributed by atoms with E-state index < -0.39 is 25.2 Å². The van der Waals surface area contributed by atoms with Crippen molar-refractivity contribution in [3.8, 4) is 0 Å². The lowest BCUT2D eigenvalue weighted by Gasteiger charge is -2.11. The smallest absolute Gasteiger partial charge is 0.312 e. The van der Waals surface area contributed by atoms with E-state index in [1.165, 1.54) is 0 Å². The Kier molecular flexibility index (Phi) is 3.35. The summed E-state index contributed by atoms with van der Waals surface area (Å²) in [6.07, 6.45) is -4.05. The Morgan fingerprint density at radius 1 is 1.50 bits per heavy atom. The first-order valence-corrected chi connectivity index (χ1v) is 2.43. The average molecular weight is 158 g/mol. The van der Waals surface area contributed by atoms with Gasteiger partial charge in [0.25, 0.3) is 0 Å². The first-order valence-electron chi connectivity index (χ1n) is 2.43. The zero-order valence-electron chi connectivity index (χ0n) is 5.04. The van der Waals surface area contributed by atoms with Crippen LogP contribution in [0, 0.1) is 0 Å². The van der Waals surface area contributed by atoms with Gasteiger partial charge < -0.3 is 4.74 Å². The van der Waals surface area contributed by atoms with Gasteiger partial charge in [0.15, 0.2) is 5.83 Å². The summed E-state index contributed by atoms with van der Waals surface area (Å²) in [5.41, 5.74) is 0. The van der Waals surface area contributed by atoms with Crippen LogP contribution in [-0.2, 0) is 4.74 Å². The van der Waals surface area contributed by atoms with Crippen LogP contribution in [0.5, 0.6) is 0 Å². The number of ether oxygens (including phenoxy) is 1. The molecular weight excluding hydrogens is 152 g/mol. The molecule has 0 unspecified atom stereocenters. The second-order valence-corrected chi connectivity index (χ2v) is 1.46. The van der Waals surface area contributed by atoms with E-state index in [0.717, 1.165) is 0 Å². The third-order valence-corrected chi connectivity index (χ3v) is 0.676. The molecule has 60 valence electrons. The Bertz CT molecular complexity index is 123.